The number of nitrogens with zero attached hydrogens (tertiary/aromatic N) is 6. The van der Waals surface area contributed by atoms with Gasteiger partial charge in [-0.15, -0.1) is 0 Å². The molecule has 0 spiro atoms. The van der Waals surface area contributed by atoms with Gasteiger partial charge in [-0.1, -0.05) is 95.7 Å². The minimum atomic E-state index is -0.516. The van der Waals surface area contributed by atoms with Crippen LogP contribution in [-0.4, -0.2) is 74.4 Å². The van der Waals surface area contributed by atoms with Crippen LogP contribution in [0, 0.1) is 11.3 Å². The number of aromatic nitrogens is 2. The monoisotopic (exact) mass is 738 g/mol. The fourth-order valence-electron chi connectivity index (χ4n) is 4.86. The van der Waals surface area contributed by atoms with Crippen LogP contribution in [0.1, 0.15) is 44.7 Å². The maximum atomic E-state index is 11.6. The van der Waals surface area contributed by atoms with Crippen LogP contribution in [0.3, 0.4) is 0 Å². The minimum absolute atomic E-state index is 0.372. The van der Waals surface area contributed by atoms with E-state index in [4.69, 9.17) is 34.4 Å². The van der Waals surface area contributed by atoms with Gasteiger partial charge in [-0.25, -0.2) is 14.8 Å². The van der Waals surface area contributed by atoms with Crippen molar-refractivity contribution in [3.8, 4) is 28.5 Å². The highest BCUT2D eigenvalue weighted by atomic mass is 32.2. The molecule has 1 heterocycles. The van der Waals surface area contributed by atoms with E-state index in [-0.39, 0.29) is 0 Å². The number of carbonyl (C=O) groups is 1. The molecule has 1 amide bonds. The summed E-state index contributed by atoms with van der Waals surface area (Å²) in [6.07, 6.45) is 0.942. The van der Waals surface area contributed by atoms with Crippen LogP contribution in [0.25, 0.3) is 32.8 Å². The summed E-state index contributed by atoms with van der Waals surface area (Å²) >= 11 is 1.46. The van der Waals surface area contributed by atoms with Gasteiger partial charge in [-0.05, 0) is 55.8 Å². The molecule has 53 heavy (non-hydrogen) atoms. The van der Waals surface area contributed by atoms with Gasteiger partial charge in [0, 0.05) is 48.2 Å². The van der Waals surface area contributed by atoms with Crippen molar-refractivity contribution in [2.24, 2.45) is 5.11 Å². The van der Waals surface area contributed by atoms with Crippen molar-refractivity contribution in [2.75, 3.05) is 58.0 Å². The Morgan fingerprint density at radius 2 is 1.43 bits per heavy atom. The number of amides is 1. The lowest BCUT2D eigenvalue weighted by Gasteiger charge is -2.19. The van der Waals surface area contributed by atoms with Crippen molar-refractivity contribution in [3.05, 3.63) is 100 Å². The van der Waals surface area contributed by atoms with Crippen LogP contribution in [0.4, 0.5) is 16.3 Å². The van der Waals surface area contributed by atoms with Crippen molar-refractivity contribution in [1.29, 1.82) is 5.26 Å². The molecule has 4 rings (SSSR count). The van der Waals surface area contributed by atoms with E-state index in [0.29, 0.717) is 99.2 Å². The Morgan fingerprint density at radius 1 is 0.830 bits per heavy atom. The first-order valence-corrected chi connectivity index (χ1v) is 18.4. The zero-order valence-corrected chi connectivity index (χ0v) is 31.2. The molecule has 0 atom stereocenters. The summed E-state index contributed by atoms with van der Waals surface area (Å²) in [4.78, 5) is 24.0. The van der Waals surface area contributed by atoms with E-state index < -0.39 is 11.7 Å². The lowest BCUT2D eigenvalue weighted by Crippen LogP contribution is -2.33. The highest BCUT2D eigenvalue weighted by Crippen LogP contribution is 2.32. The molecule has 4 aromatic rings. The number of thioether (sulfide) groups is 1. The number of hydrogen-bond acceptors (Lipinski definition) is 11. The second kappa shape index (κ2) is 22.0. The standard InChI is InChI=1S/C39H46N8O5S/c1-39(2,3)52-38(48)43-20-8-22-50-24-26-51-25-23-49-21-7-19-42-36-34(27-40)35(32-15-13-31(14-16-32)30-9-5-4-6-10-30)44-37(45-36)53-28-29-11-17-33(18-12-29)46-47-41/h4-6,9-18H,7-8,19-26,28H2,1-3H3,(H,43,48)(H,42,44,45). The van der Waals surface area contributed by atoms with Crippen molar-refractivity contribution in [2.45, 2.75) is 50.1 Å². The first-order chi connectivity index (χ1) is 25.8. The maximum absolute atomic E-state index is 11.6. The highest BCUT2D eigenvalue weighted by molar-refractivity contribution is 7.98. The average Bonchev–Trinajstić information content (AvgIpc) is 3.15. The minimum Gasteiger partial charge on any atom is -0.444 e. The third kappa shape index (κ3) is 14.8. The van der Waals surface area contributed by atoms with Crippen molar-refractivity contribution in [3.63, 3.8) is 0 Å². The van der Waals surface area contributed by atoms with Crippen LogP contribution < -0.4 is 10.6 Å². The number of nitrogens with one attached hydrogen (secondary N) is 2. The molecule has 0 radical (unpaired) electrons. The molecule has 0 aliphatic carbocycles. The lowest BCUT2D eigenvalue weighted by molar-refractivity contribution is 0.0139. The number of nitriles is 1. The summed E-state index contributed by atoms with van der Waals surface area (Å²) in [6.45, 7) is 9.32. The van der Waals surface area contributed by atoms with E-state index in [1.807, 2.05) is 75.4 Å². The Kier molecular flexibility index (Phi) is 16.9. The zero-order chi connectivity index (χ0) is 37.7. The number of hydrogen-bond donors (Lipinski definition) is 2. The van der Waals surface area contributed by atoms with E-state index in [1.165, 1.54) is 11.8 Å². The SMILES string of the molecule is CC(C)(C)OC(=O)NCCCOCCOCCOCCCNc1nc(SCc2ccc(N=[N+]=[N-])cc2)nc(-c2ccc(-c3ccccc3)cc2)c1C#N. The average molecular weight is 739 g/mol. The van der Waals surface area contributed by atoms with Gasteiger partial charge in [0.05, 0.1) is 32.1 Å². The second-order valence-electron chi connectivity index (χ2n) is 12.7. The van der Waals surface area contributed by atoms with Gasteiger partial charge < -0.3 is 29.6 Å². The van der Waals surface area contributed by atoms with Gasteiger partial charge in [0.15, 0.2) is 5.16 Å². The molecule has 0 saturated carbocycles. The molecule has 0 fully saturated rings. The Hall–Kier alpha value is -5.16. The first-order valence-electron chi connectivity index (χ1n) is 17.4. The van der Waals surface area contributed by atoms with Gasteiger partial charge in [-0.3, -0.25) is 0 Å². The molecule has 0 aliphatic heterocycles. The summed E-state index contributed by atoms with van der Waals surface area (Å²) in [5.41, 5.74) is 13.7. The number of azide groups is 1. The Labute approximate surface area is 315 Å². The van der Waals surface area contributed by atoms with E-state index >= 15 is 0 Å². The number of rotatable bonds is 21. The Balaban J connectivity index is 1.24. The molecular formula is C39H46N8O5S. The summed E-state index contributed by atoms with van der Waals surface area (Å²) < 4.78 is 22.1. The molecule has 2 N–H and O–H groups in total. The van der Waals surface area contributed by atoms with Crippen LogP contribution in [-0.2, 0) is 24.7 Å². The van der Waals surface area contributed by atoms with Gasteiger partial charge in [0.2, 0.25) is 0 Å². The summed E-state index contributed by atoms with van der Waals surface area (Å²) in [6, 6.07) is 27.8. The van der Waals surface area contributed by atoms with Gasteiger partial charge >= 0.3 is 6.09 Å². The Morgan fingerprint density at radius 3 is 2.06 bits per heavy atom. The molecule has 13 nitrogen and oxygen atoms in total. The molecule has 0 bridgehead atoms. The van der Waals surface area contributed by atoms with Crippen molar-refractivity contribution >= 4 is 29.4 Å². The molecule has 0 saturated heterocycles. The normalized spacial score (nSPS) is 11.0. The molecule has 3 aromatic carbocycles. The number of ether oxygens (including phenoxy) is 4. The quantitative estimate of drug-likeness (QED) is 0.0210. The van der Waals surface area contributed by atoms with Crippen LogP contribution in [0.15, 0.2) is 89.1 Å². The Bertz CT molecular complexity index is 1810. The van der Waals surface area contributed by atoms with E-state index in [9.17, 15) is 10.1 Å². The van der Waals surface area contributed by atoms with Gasteiger partial charge in [0.1, 0.15) is 23.1 Å². The zero-order valence-electron chi connectivity index (χ0n) is 30.4. The third-order valence-corrected chi connectivity index (χ3v) is 8.28. The molecule has 278 valence electrons. The molecule has 0 aliphatic rings. The van der Waals surface area contributed by atoms with Crippen LogP contribution in [0.2, 0.25) is 0 Å². The van der Waals surface area contributed by atoms with E-state index in [2.05, 4.69) is 38.9 Å². The molecule has 14 heteroatoms. The summed E-state index contributed by atoms with van der Waals surface area (Å²) in [5.74, 6) is 1.05. The topological polar surface area (TPSA) is 176 Å². The molecule has 0 unspecified atom stereocenters. The summed E-state index contributed by atoms with van der Waals surface area (Å²) in [5, 5.41) is 20.5. The van der Waals surface area contributed by atoms with Crippen LogP contribution in [0.5, 0.6) is 0 Å². The largest absolute Gasteiger partial charge is 0.444 e. The number of benzene rings is 3. The smallest absolute Gasteiger partial charge is 0.407 e. The molecule has 1 aromatic heterocycles. The van der Waals surface area contributed by atoms with Crippen molar-refractivity contribution < 1.29 is 23.7 Å². The maximum Gasteiger partial charge on any atom is 0.407 e. The van der Waals surface area contributed by atoms with Gasteiger partial charge in [0.25, 0.3) is 0 Å². The van der Waals surface area contributed by atoms with Gasteiger partial charge in [-0.2, -0.15) is 5.26 Å². The van der Waals surface area contributed by atoms with Crippen molar-refractivity contribution in [1.82, 2.24) is 15.3 Å². The first kappa shape index (κ1) is 40.6. The molecular weight excluding hydrogens is 693 g/mol. The third-order valence-electron chi connectivity index (χ3n) is 7.37. The van der Waals surface area contributed by atoms with E-state index in [1.54, 1.807) is 12.1 Å². The number of anilines is 1. The summed E-state index contributed by atoms with van der Waals surface area (Å²) in [7, 11) is 0. The fraction of sp³-hybridized carbons (Fsp3) is 0.385. The predicted octanol–water partition coefficient (Wildman–Crippen LogP) is 8.68. The highest BCUT2D eigenvalue weighted by Gasteiger charge is 2.17. The van der Waals surface area contributed by atoms with Crippen LogP contribution >= 0.6 is 11.8 Å². The fourth-order valence-corrected chi connectivity index (χ4v) is 5.66. The lowest BCUT2D eigenvalue weighted by atomic mass is 10.0. The number of carbonyl (C=O) groups excluding carboxylic acids is 1. The predicted molar refractivity (Wildman–Crippen MR) is 207 cm³/mol. The van der Waals surface area contributed by atoms with E-state index in [0.717, 1.165) is 22.3 Å². The second-order valence-corrected chi connectivity index (χ2v) is 13.6. The number of alkyl carbamates (subject to hydrolysis) is 1.